The largest absolute Gasteiger partial charge is 0.854 e. The molecule has 1 rings (SSSR count). The van der Waals surface area contributed by atoms with Gasteiger partial charge in [0.2, 0.25) is 8.89 Å². The summed E-state index contributed by atoms with van der Waals surface area (Å²) < 4.78 is -2.10. The molecule has 21 heavy (non-hydrogen) atoms. The standard InChI is InChI=1S/C15H17Cl3N2O/c1-4-10-14(2,3)12(11-8-6-5-7-9-11)19-20-13(21)15(16,17)18/h4-9H,1,10H2,2-3H3,(H,20,21)/q+1/p-1. The van der Waals surface area contributed by atoms with Crippen LogP contribution in [0.3, 0.4) is 0 Å². The van der Waals surface area contributed by atoms with E-state index in [1.807, 2.05) is 44.2 Å². The molecule has 0 unspecified atom stereocenters. The van der Waals surface area contributed by atoms with Gasteiger partial charge in [-0.1, -0.05) is 59.1 Å². The molecule has 0 aliphatic carbocycles. The van der Waals surface area contributed by atoms with Crippen LogP contribution >= 0.6 is 34.8 Å². The first kappa shape index (κ1) is 18.0. The van der Waals surface area contributed by atoms with E-state index in [1.54, 1.807) is 6.08 Å². The van der Waals surface area contributed by atoms with Crippen molar-refractivity contribution in [3.8, 4) is 0 Å². The predicted octanol–water partition coefficient (Wildman–Crippen LogP) is 3.46. The first-order valence-corrected chi connectivity index (χ1v) is 7.38. The Morgan fingerprint density at radius 2 is 1.86 bits per heavy atom. The fraction of sp³-hybridized carbons (Fsp3) is 0.333. The first-order chi connectivity index (χ1) is 9.68. The Bertz CT molecular complexity index is 546. The maximum atomic E-state index is 11.6. The Hall–Kier alpha value is -1.03. The quantitative estimate of drug-likeness (QED) is 0.265. The molecule has 1 radical (unpaired) electrons. The molecule has 0 aliphatic heterocycles. The number of alkyl halides is 3. The Balaban J connectivity index is 3.30. The second-order valence-corrected chi connectivity index (χ2v) is 7.38. The molecule has 113 valence electrons. The summed E-state index contributed by atoms with van der Waals surface area (Å²) in [5.41, 5.74) is 1.12. The van der Waals surface area contributed by atoms with Crippen LogP contribution in [0, 0.1) is 5.41 Å². The number of hydrogen-bond donors (Lipinski definition) is 0. The molecule has 0 atom stereocenters. The number of rotatable bonds is 5. The highest BCUT2D eigenvalue weighted by Gasteiger charge is 2.35. The molecule has 0 aliphatic rings. The van der Waals surface area contributed by atoms with Crippen LogP contribution in [-0.4, -0.2) is 15.4 Å². The zero-order valence-electron chi connectivity index (χ0n) is 11.8. The van der Waals surface area contributed by atoms with Crippen LogP contribution in [0.25, 0.3) is 0 Å². The normalized spacial score (nSPS) is 14.1. The van der Waals surface area contributed by atoms with Gasteiger partial charge in [0, 0.05) is 0 Å². The van der Waals surface area contributed by atoms with Crippen molar-refractivity contribution in [1.82, 2.24) is 5.10 Å². The smallest absolute Gasteiger partial charge is 0.302 e. The van der Waals surface area contributed by atoms with Gasteiger partial charge >= 0.3 is 5.71 Å². The van der Waals surface area contributed by atoms with E-state index in [0.717, 1.165) is 5.56 Å². The number of benzene rings is 1. The van der Waals surface area contributed by atoms with Crippen molar-refractivity contribution in [1.29, 1.82) is 0 Å². The summed E-state index contributed by atoms with van der Waals surface area (Å²) in [5, 5.41) is 19.2. The van der Waals surface area contributed by atoms with Gasteiger partial charge in [0.15, 0.2) is 0 Å². The zero-order chi connectivity index (χ0) is 16.1. The Morgan fingerprint density at radius 1 is 1.29 bits per heavy atom. The summed E-state index contributed by atoms with van der Waals surface area (Å²) in [4.78, 5) is 0. The molecule has 0 fully saturated rings. The monoisotopic (exact) mass is 345 g/mol. The molecular weight excluding hydrogens is 331 g/mol. The SMILES string of the molecule is C=CCC(C)(C)C(=[N+]/N=C(/[O-])C(Cl)(Cl)Cl)c1ccccc1. The number of halogens is 3. The summed E-state index contributed by atoms with van der Waals surface area (Å²) in [6.07, 6.45) is 2.45. The minimum Gasteiger partial charge on any atom is -0.854 e. The third-order valence-electron chi connectivity index (χ3n) is 2.83. The Kier molecular flexibility index (Phi) is 6.26. The van der Waals surface area contributed by atoms with E-state index >= 15 is 0 Å². The van der Waals surface area contributed by atoms with Crippen LogP contribution < -0.4 is 10.2 Å². The molecule has 3 nitrogen and oxygen atoms in total. The van der Waals surface area contributed by atoms with Gasteiger partial charge in [0.05, 0.1) is 22.0 Å². The maximum absolute atomic E-state index is 11.6. The molecule has 0 bridgehead atoms. The maximum Gasteiger partial charge on any atom is 0.302 e. The van der Waals surface area contributed by atoms with Crippen molar-refractivity contribution in [3.05, 3.63) is 48.6 Å². The lowest BCUT2D eigenvalue weighted by atomic mass is 9.80. The number of hydrogen-bond acceptors (Lipinski definition) is 3. The van der Waals surface area contributed by atoms with Gasteiger partial charge in [-0.05, 0) is 32.4 Å². The van der Waals surface area contributed by atoms with Gasteiger partial charge in [0.25, 0.3) is 0 Å². The summed E-state index contributed by atoms with van der Waals surface area (Å²) in [6.45, 7) is 7.70. The van der Waals surface area contributed by atoms with Crippen LogP contribution in [0.1, 0.15) is 25.8 Å². The molecule has 0 N–H and O–H groups in total. The molecule has 0 saturated carbocycles. The van der Waals surface area contributed by atoms with Crippen LogP contribution in [-0.2, 0) is 0 Å². The van der Waals surface area contributed by atoms with E-state index in [-0.39, 0.29) is 5.41 Å². The molecule has 0 amide bonds. The van der Waals surface area contributed by atoms with E-state index < -0.39 is 9.69 Å². The predicted molar refractivity (Wildman–Crippen MR) is 89.0 cm³/mol. The Morgan fingerprint density at radius 3 is 2.33 bits per heavy atom. The fourth-order valence-corrected chi connectivity index (χ4v) is 1.90. The molecule has 0 aromatic heterocycles. The number of allylic oxidation sites excluding steroid dienone is 1. The lowest BCUT2D eigenvalue weighted by Gasteiger charge is -2.18. The average molecular weight is 347 g/mol. The second kappa shape index (κ2) is 7.30. The van der Waals surface area contributed by atoms with E-state index in [1.165, 1.54) is 0 Å². The molecular formula is C15H16Cl3N2O. The van der Waals surface area contributed by atoms with E-state index in [4.69, 9.17) is 34.8 Å². The summed E-state index contributed by atoms with van der Waals surface area (Å²) in [6, 6.07) is 9.43. The van der Waals surface area contributed by atoms with E-state index in [9.17, 15) is 5.11 Å². The highest BCUT2D eigenvalue weighted by atomic mass is 35.6. The molecule has 6 heteroatoms. The van der Waals surface area contributed by atoms with Crippen LogP contribution in [0.2, 0.25) is 0 Å². The van der Waals surface area contributed by atoms with Crippen LogP contribution in [0.15, 0.2) is 48.1 Å². The Labute approximate surface area is 139 Å². The molecule has 1 aromatic carbocycles. The fourth-order valence-electron chi connectivity index (χ4n) is 1.79. The summed E-state index contributed by atoms with van der Waals surface area (Å²) in [5.74, 6) is -0.921. The van der Waals surface area contributed by atoms with Crippen LogP contribution in [0.4, 0.5) is 0 Å². The third-order valence-corrected chi connectivity index (χ3v) is 3.31. The van der Waals surface area contributed by atoms with Crippen molar-refractivity contribution in [2.75, 3.05) is 0 Å². The van der Waals surface area contributed by atoms with Gasteiger partial charge in [-0.25, -0.2) is 0 Å². The van der Waals surface area contributed by atoms with Crippen molar-refractivity contribution < 1.29 is 5.11 Å². The van der Waals surface area contributed by atoms with Gasteiger partial charge < -0.3 is 5.11 Å². The molecule has 0 heterocycles. The average Bonchev–Trinajstić information content (AvgIpc) is 2.38. The highest BCUT2D eigenvalue weighted by molar-refractivity contribution is 6.75. The first-order valence-electron chi connectivity index (χ1n) is 6.25. The topological polar surface area (TPSA) is 49.5 Å². The van der Waals surface area contributed by atoms with Gasteiger partial charge in [-0.2, -0.15) is 0 Å². The van der Waals surface area contributed by atoms with Gasteiger partial charge in [-0.3, -0.25) is 0 Å². The van der Waals surface area contributed by atoms with Crippen LogP contribution in [0.5, 0.6) is 0 Å². The van der Waals surface area contributed by atoms with E-state index in [0.29, 0.717) is 12.1 Å². The second-order valence-electron chi connectivity index (χ2n) is 5.09. The molecule has 0 spiro atoms. The minimum atomic E-state index is -2.10. The van der Waals surface area contributed by atoms with Crippen molar-refractivity contribution in [2.24, 2.45) is 10.5 Å². The molecule has 1 aromatic rings. The lowest BCUT2D eigenvalue weighted by Crippen LogP contribution is -2.34. The number of nitrogens with zero attached hydrogens (tertiary/aromatic N) is 2. The zero-order valence-corrected chi connectivity index (χ0v) is 14.1. The van der Waals surface area contributed by atoms with E-state index in [2.05, 4.69) is 16.8 Å². The van der Waals surface area contributed by atoms with Crippen molar-refractivity contribution in [3.63, 3.8) is 0 Å². The third kappa shape index (κ3) is 5.34. The summed E-state index contributed by atoms with van der Waals surface area (Å²) in [7, 11) is 0. The van der Waals surface area contributed by atoms with Gasteiger partial charge in [0.1, 0.15) is 0 Å². The minimum absolute atomic E-state index is 0.361. The lowest BCUT2D eigenvalue weighted by molar-refractivity contribution is -0.218. The van der Waals surface area contributed by atoms with Crippen molar-refractivity contribution >= 4 is 46.4 Å². The van der Waals surface area contributed by atoms with Gasteiger partial charge in [-0.15, -0.1) is 6.58 Å². The molecule has 0 saturated heterocycles. The summed E-state index contributed by atoms with van der Waals surface area (Å²) >= 11 is 16.5. The highest BCUT2D eigenvalue weighted by Crippen LogP contribution is 2.27. The van der Waals surface area contributed by atoms with Crippen molar-refractivity contribution in [2.45, 2.75) is 24.1 Å².